The van der Waals surface area contributed by atoms with Crippen molar-refractivity contribution < 1.29 is 14.3 Å². The van der Waals surface area contributed by atoms with Gasteiger partial charge in [0.25, 0.3) is 5.91 Å². The molecule has 0 saturated carbocycles. The third-order valence-corrected chi connectivity index (χ3v) is 5.67. The maximum absolute atomic E-state index is 12.9. The molecule has 3 N–H and O–H groups in total. The Kier molecular flexibility index (Phi) is 6.25. The molecule has 0 aromatic heterocycles. The summed E-state index contributed by atoms with van der Waals surface area (Å²) in [7, 11) is 0. The molecule has 0 spiro atoms. The van der Waals surface area contributed by atoms with Crippen molar-refractivity contribution in [1.82, 2.24) is 5.32 Å². The Hall–Kier alpha value is -2.37. The first kappa shape index (κ1) is 22.3. The van der Waals surface area contributed by atoms with Crippen LogP contribution >= 0.6 is 11.6 Å². The van der Waals surface area contributed by atoms with Crippen molar-refractivity contribution in [3.63, 3.8) is 0 Å². The lowest BCUT2D eigenvalue weighted by molar-refractivity contribution is 0.0863. The Bertz CT molecular complexity index is 953. The molecule has 1 fully saturated rings. The summed E-state index contributed by atoms with van der Waals surface area (Å²) in [4.78, 5) is 24.5. The van der Waals surface area contributed by atoms with E-state index >= 15 is 0 Å². The average molecular weight is 429 g/mol. The molecule has 30 heavy (non-hydrogen) atoms. The summed E-state index contributed by atoms with van der Waals surface area (Å²) in [6.07, 6.45) is 2.37. The van der Waals surface area contributed by atoms with E-state index in [2.05, 4.69) is 33.0 Å². The molecule has 1 saturated heterocycles. The highest BCUT2D eigenvalue weighted by atomic mass is 35.5. The van der Waals surface area contributed by atoms with Gasteiger partial charge < -0.3 is 15.8 Å². The van der Waals surface area contributed by atoms with Crippen LogP contribution in [0.2, 0.25) is 5.02 Å². The van der Waals surface area contributed by atoms with Crippen LogP contribution in [-0.4, -0.2) is 22.8 Å². The number of Topliss-reactive ketones (excluding diaryl/α,β-unsaturated/α-hetero) is 1. The number of carbonyl (C=O) groups excluding carboxylic acids is 2. The molecule has 0 aliphatic carbocycles. The van der Waals surface area contributed by atoms with Crippen LogP contribution in [0.1, 0.15) is 67.7 Å². The number of nitrogens with one attached hydrogen (secondary N) is 1. The van der Waals surface area contributed by atoms with Crippen molar-refractivity contribution in [3.05, 3.63) is 58.6 Å². The molecule has 0 radical (unpaired) electrons. The van der Waals surface area contributed by atoms with E-state index in [9.17, 15) is 9.59 Å². The first-order valence-electron chi connectivity index (χ1n) is 10.1. The number of rotatable bonds is 6. The Morgan fingerprint density at radius 2 is 1.70 bits per heavy atom. The monoisotopic (exact) mass is 428 g/mol. The van der Waals surface area contributed by atoms with Gasteiger partial charge in [0.15, 0.2) is 5.78 Å². The van der Waals surface area contributed by atoms with E-state index in [-0.39, 0.29) is 22.4 Å². The number of primary amides is 1. The smallest absolute Gasteiger partial charge is 0.252 e. The van der Waals surface area contributed by atoms with Crippen molar-refractivity contribution >= 4 is 23.3 Å². The zero-order valence-corrected chi connectivity index (χ0v) is 18.7. The summed E-state index contributed by atoms with van der Waals surface area (Å²) in [5.74, 6) is 0.484. The number of ether oxygens (including phenoxy) is 1. The molecule has 2 aromatic rings. The molecule has 5 nitrogen and oxygen atoms in total. The number of ketones is 1. The number of piperidine rings is 1. The van der Waals surface area contributed by atoms with Crippen LogP contribution < -0.4 is 15.8 Å². The molecule has 0 bridgehead atoms. The summed E-state index contributed by atoms with van der Waals surface area (Å²) in [6.45, 7) is 8.72. The Labute approximate surface area is 182 Å². The molecular formula is C24H29ClN2O3. The van der Waals surface area contributed by atoms with E-state index < -0.39 is 5.91 Å². The molecule has 1 heterocycles. The molecule has 0 unspecified atom stereocenters. The predicted octanol–water partition coefficient (Wildman–Crippen LogP) is 5.36. The third kappa shape index (κ3) is 5.41. The van der Waals surface area contributed by atoms with Crippen LogP contribution in [-0.2, 0) is 0 Å². The first-order chi connectivity index (χ1) is 14.0. The van der Waals surface area contributed by atoms with Crippen molar-refractivity contribution in [1.29, 1.82) is 0 Å². The summed E-state index contributed by atoms with van der Waals surface area (Å²) >= 11 is 6.39. The van der Waals surface area contributed by atoms with Gasteiger partial charge in [-0.15, -0.1) is 0 Å². The van der Waals surface area contributed by atoms with Crippen LogP contribution in [0.4, 0.5) is 0 Å². The first-order valence-corrected chi connectivity index (χ1v) is 10.5. The molecule has 3 rings (SSSR count). The van der Waals surface area contributed by atoms with Gasteiger partial charge in [0.1, 0.15) is 11.5 Å². The molecule has 1 amide bonds. The summed E-state index contributed by atoms with van der Waals surface area (Å²) < 4.78 is 5.79. The van der Waals surface area contributed by atoms with Gasteiger partial charge in [0, 0.05) is 23.1 Å². The van der Waals surface area contributed by atoms with E-state index in [0.717, 1.165) is 12.8 Å². The lowest BCUT2D eigenvalue weighted by atomic mass is 9.74. The molecule has 1 aliphatic rings. The Morgan fingerprint density at radius 3 is 2.30 bits per heavy atom. The number of amides is 1. The van der Waals surface area contributed by atoms with Crippen LogP contribution in [0.3, 0.4) is 0 Å². The van der Waals surface area contributed by atoms with Crippen LogP contribution in [0.5, 0.6) is 11.5 Å². The van der Waals surface area contributed by atoms with Gasteiger partial charge in [0.2, 0.25) is 0 Å². The SMILES string of the molecule is CC1(C)CC(CC(=O)c2ccc(Oc3ccccc3C(N)=O)c(Cl)c2)CC(C)(C)N1. The lowest BCUT2D eigenvalue weighted by Crippen LogP contribution is -2.57. The number of halogens is 1. The summed E-state index contributed by atoms with van der Waals surface area (Å²) in [5.41, 5.74) is 6.22. The maximum Gasteiger partial charge on any atom is 0.252 e. The number of carbonyl (C=O) groups is 2. The Balaban J connectivity index is 1.74. The Morgan fingerprint density at radius 1 is 1.07 bits per heavy atom. The number of nitrogens with two attached hydrogens (primary N) is 1. The minimum atomic E-state index is -0.582. The molecule has 6 heteroatoms. The minimum absolute atomic E-state index is 0.00411. The highest BCUT2D eigenvalue weighted by Gasteiger charge is 2.38. The highest BCUT2D eigenvalue weighted by Crippen LogP contribution is 2.36. The van der Waals surface area contributed by atoms with Crippen LogP contribution in [0.25, 0.3) is 0 Å². The molecular weight excluding hydrogens is 400 g/mol. The fourth-order valence-corrected chi connectivity index (χ4v) is 4.91. The van der Waals surface area contributed by atoms with Gasteiger partial charge in [-0.1, -0.05) is 23.7 Å². The molecule has 160 valence electrons. The quantitative estimate of drug-likeness (QED) is 0.606. The third-order valence-electron chi connectivity index (χ3n) is 5.38. The second-order valence-corrected chi connectivity index (χ2v) is 9.81. The molecule has 2 aromatic carbocycles. The van der Waals surface area contributed by atoms with Crippen molar-refractivity contribution in [2.75, 3.05) is 0 Å². The normalized spacial score (nSPS) is 18.0. The number of hydrogen-bond donors (Lipinski definition) is 2. The zero-order chi connectivity index (χ0) is 22.1. The van der Waals surface area contributed by atoms with Crippen molar-refractivity contribution in [3.8, 4) is 11.5 Å². The van der Waals surface area contributed by atoms with Gasteiger partial charge in [-0.25, -0.2) is 0 Å². The second kappa shape index (κ2) is 8.40. The van der Waals surface area contributed by atoms with E-state index in [1.54, 1.807) is 42.5 Å². The van der Waals surface area contributed by atoms with Gasteiger partial charge in [-0.3, -0.25) is 9.59 Å². The molecule has 1 aliphatic heterocycles. The van der Waals surface area contributed by atoms with E-state index in [1.165, 1.54) is 0 Å². The highest BCUT2D eigenvalue weighted by molar-refractivity contribution is 6.32. The van der Waals surface area contributed by atoms with Crippen molar-refractivity contribution in [2.24, 2.45) is 11.7 Å². The summed E-state index contributed by atoms with van der Waals surface area (Å²) in [5, 5.41) is 3.96. The van der Waals surface area contributed by atoms with E-state index in [0.29, 0.717) is 34.4 Å². The fraction of sp³-hybridized carbons (Fsp3) is 0.417. The van der Waals surface area contributed by atoms with Crippen molar-refractivity contribution in [2.45, 2.75) is 58.0 Å². The van der Waals surface area contributed by atoms with Gasteiger partial charge in [-0.05, 0) is 76.8 Å². The second-order valence-electron chi connectivity index (χ2n) is 9.40. The standard InChI is InChI=1S/C24H29ClN2O3/c1-23(2)13-15(14-24(3,4)27-23)11-19(28)16-9-10-21(18(25)12-16)30-20-8-6-5-7-17(20)22(26)29/h5-10,12,15,27H,11,13-14H2,1-4H3,(H2,26,29). The van der Waals surface area contributed by atoms with Gasteiger partial charge >= 0.3 is 0 Å². The topological polar surface area (TPSA) is 81.4 Å². The van der Waals surface area contributed by atoms with Gasteiger partial charge in [0.05, 0.1) is 10.6 Å². The average Bonchev–Trinajstić information content (AvgIpc) is 2.60. The molecule has 0 atom stereocenters. The number of benzene rings is 2. The van der Waals surface area contributed by atoms with Crippen LogP contribution in [0, 0.1) is 5.92 Å². The van der Waals surface area contributed by atoms with Gasteiger partial charge in [-0.2, -0.15) is 0 Å². The van der Waals surface area contributed by atoms with Crippen LogP contribution in [0.15, 0.2) is 42.5 Å². The van der Waals surface area contributed by atoms with E-state index in [4.69, 9.17) is 22.1 Å². The number of para-hydroxylation sites is 1. The summed E-state index contributed by atoms with van der Waals surface area (Å²) in [6, 6.07) is 11.7. The van der Waals surface area contributed by atoms with E-state index in [1.807, 2.05) is 0 Å². The minimum Gasteiger partial charge on any atom is -0.455 e. The lowest BCUT2D eigenvalue weighted by Gasteiger charge is -2.46. The largest absolute Gasteiger partial charge is 0.455 e. The predicted molar refractivity (Wildman–Crippen MR) is 119 cm³/mol. The zero-order valence-electron chi connectivity index (χ0n) is 17.9. The number of hydrogen-bond acceptors (Lipinski definition) is 4. The fourth-order valence-electron chi connectivity index (χ4n) is 4.69. The maximum atomic E-state index is 12.9.